The maximum atomic E-state index is 13.6. The minimum Gasteiger partial charge on any atom is -0.454 e. The second-order valence-electron chi connectivity index (χ2n) is 10.3. The van der Waals surface area contributed by atoms with Gasteiger partial charge in [0.1, 0.15) is 6.54 Å². The van der Waals surface area contributed by atoms with Crippen molar-refractivity contribution in [2.24, 2.45) is 0 Å². The smallest absolute Gasteiger partial charge is 0.256 e. The average molecular weight is 584 g/mol. The summed E-state index contributed by atoms with van der Waals surface area (Å²) in [7, 11) is 0. The number of carbonyl (C=O) groups is 2. The Kier molecular flexibility index (Phi) is 7.92. The fraction of sp³-hybridized carbons (Fsp3) is 0.250. The van der Waals surface area contributed by atoms with Crippen LogP contribution in [0, 0.1) is 6.92 Å². The SMILES string of the molecule is Cc1ccc(-c2ccc(N3CCN(C(=O)CN(Cc4ccc5c(c4)OCO5)C(=O)c4ccccc4Cl)CC3)nn2)cc1. The molecule has 214 valence electrons. The Hall–Kier alpha value is -4.63. The lowest BCUT2D eigenvalue weighted by molar-refractivity contribution is -0.132. The van der Waals surface area contributed by atoms with Crippen LogP contribution in [-0.4, -0.2) is 71.3 Å². The van der Waals surface area contributed by atoms with E-state index in [2.05, 4.69) is 34.2 Å². The van der Waals surface area contributed by atoms with Crippen molar-refractivity contribution in [3.8, 4) is 22.8 Å². The first kappa shape index (κ1) is 27.5. The average Bonchev–Trinajstić information content (AvgIpc) is 3.49. The van der Waals surface area contributed by atoms with Gasteiger partial charge < -0.3 is 24.2 Å². The molecular formula is C32H30ClN5O4. The summed E-state index contributed by atoms with van der Waals surface area (Å²) >= 11 is 6.36. The lowest BCUT2D eigenvalue weighted by atomic mass is 10.1. The highest BCUT2D eigenvalue weighted by Gasteiger charge is 2.27. The van der Waals surface area contributed by atoms with E-state index < -0.39 is 0 Å². The first-order chi connectivity index (χ1) is 20.4. The Balaban J connectivity index is 1.11. The van der Waals surface area contributed by atoms with Crippen molar-refractivity contribution in [1.29, 1.82) is 0 Å². The second-order valence-corrected chi connectivity index (χ2v) is 10.7. The Bertz CT molecular complexity index is 1590. The zero-order valence-corrected chi connectivity index (χ0v) is 24.0. The minimum atomic E-state index is -0.311. The molecule has 3 heterocycles. The molecule has 2 aliphatic heterocycles. The van der Waals surface area contributed by atoms with Gasteiger partial charge in [-0.2, -0.15) is 0 Å². The molecule has 0 N–H and O–H groups in total. The van der Waals surface area contributed by atoms with Gasteiger partial charge in [-0.1, -0.05) is 59.6 Å². The van der Waals surface area contributed by atoms with E-state index in [0.29, 0.717) is 48.3 Å². The first-order valence-electron chi connectivity index (χ1n) is 13.8. The van der Waals surface area contributed by atoms with Gasteiger partial charge in [0.2, 0.25) is 12.7 Å². The van der Waals surface area contributed by atoms with Crippen molar-refractivity contribution in [3.63, 3.8) is 0 Å². The largest absolute Gasteiger partial charge is 0.454 e. The van der Waals surface area contributed by atoms with E-state index in [4.69, 9.17) is 21.1 Å². The van der Waals surface area contributed by atoms with Crippen molar-refractivity contribution < 1.29 is 19.1 Å². The number of hydrogen-bond donors (Lipinski definition) is 0. The molecule has 2 aliphatic rings. The molecule has 1 fully saturated rings. The van der Waals surface area contributed by atoms with Crippen LogP contribution < -0.4 is 14.4 Å². The number of benzene rings is 3. The first-order valence-corrected chi connectivity index (χ1v) is 14.2. The van der Waals surface area contributed by atoms with Gasteiger partial charge in [-0.25, -0.2) is 0 Å². The minimum absolute atomic E-state index is 0.0798. The van der Waals surface area contributed by atoms with E-state index in [-0.39, 0.29) is 31.7 Å². The van der Waals surface area contributed by atoms with E-state index in [0.717, 1.165) is 22.6 Å². The van der Waals surface area contributed by atoms with Gasteiger partial charge in [0.15, 0.2) is 17.3 Å². The number of aromatic nitrogens is 2. The Morgan fingerprint density at radius 1 is 0.881 bits per heavy atom. The lowest BCUT2D eigenvalue weighted by Crippen LogP contribution is -2.52. The molecule has 0 unspecified atom stereocenters. The Morgan fingerprint density at radius 3 is 2.38 bits per heavy atom. The fourth-order valence-electron chi connectivity index (χ4n) is 5.08. The summed E-state index contributed by atoms with van der Waals surface area (Å²) in [6.45, 7) is 4.61. The van der Waals surface area contributed by atoms with Crippen LogP contribution in [0.1, 0.15) is 21.5 Å². The molecule has 0 atom stereocenters. The number of halogens is 1. The number of nitrogens with zero attached hydrogens (tertiary/aromatic N) is 5. The molecule has 3 aromatic carbocycles. The molecule has 4 aromatic rings. The highest BCUT2D eigenvalue weighted by molar-refractivity contribution is 6.33. The van der Waals surface area contributed by atoms with Gasteiger partial charge in [-0.05, 0) is 48.9 Å². The van der Waals surface area contributed by atoms with Crippen LogP contribution in [-0.2, 0) is 11.3 Å². The predicted octanol–water partition coefficient (Wildman–Crippen LogP) is 4.83. The van der Waals surface area contributed by atoms with E-state index in [1.54, 1.807) is 29.2 Å². The van der Waals surface area contributed by atoms with Crippen LogP contribution >= 0.6 is 11.6 Å². The maximum Gasteiger partial charge on any atom is 0.256 e. The van der Waals surface area contributed by atoms with Gasteiger partial charge in [0.25, 0.3) is 5.91 Å². The van der Waals surface area contributed by atoms with E-state index in [1.165, 1.54) is 10.5 Å². The highest BCUT2D eigenvalue weighted by Crippen LogP contribution is 2.33. The van der Waals surface area contributed by atoms with E-state index in [1.807, 2.05) is 42.5 Å². The summed E-state index contributed by atoms with van der Waals surface area (Å²) in [5, 5.41) is 9.21. The summed E-state index contributed by atoms with van der Waals surface area (Å²) in [6.07, 6.45) is 0. The third kappa shape index (κ3) is 6.01. The molecule has 0 aliphatic carbocycles. The van der Waals surface area contributed by atoms with Gasteiger partial charge in [0.05, 0.1) is 16.3 Å². The maximum absolute atomic E-state index is 13.6. The van der Waals surface area contributed by atoms with Crippen molar-refractivity contribution in [1.82, 2.24) is 20.0 Å². The number of hydrogen-bond acceptors (Lipinski definition) is 7. The summed E-state index contributed by atoms with van der Waals surface area (Å²) in [5.74, 6) is 1.61. The van der Waals surface area contributed by atoms with Crippen LogP contribution in [0.15, 0.2) is 78.9 Å². The zero-order chi connectivity index (χ0) is 29.1. The quantitative estimate of drug-likeness (QED) is 0.308. The number of anilines is 1. The van der Waals surface area contributed by atoms with Crippen LogP contribution in [0.5, 0.6) is 11.5 Å². The zero-order valence-electron chi connectivity index (χ0n) is 23.2. The number of fused-ring (bicyclic) bond motifs is 1. The van der Waals surface area contributed by atoms with Gasteiger partial charge in [0, 0.05) is 38.3 Å². The number of amides is 2. The Labute approximate surface area is 249 Å². The number of rotatable bonds is 7. The summed E-state index contributed by atoms with van der Waals surface area (Å²) in [6, 6.07) is 24.5. The lowest BCUT2D eigenvalue weighted by Gasteiger charge is -2.36. The van der Waals surface area contributed by atoms with Gasteiger partial charge >= 0.3 is 0 Å². The van der Waals surface area contributed by atoms with Gasteiger partial charge in [-0.3, -0.25) is 9.59 Å². The van der Waals surface area contributed by atoms with Crippen LogP contribution in [0.4, 0.5) is 5.82 Å². The van der Waals surface area contributed by atoms with Crippen molar-refractivity contribution >= 4 is 29.2 Å². The summed E-state index contributed by atoms with van der Waals surface area (Å²) in [4.78, 5) is 32.5. The molecule has 6 rings (SSSR count). The molecule has 1 saturated heterocycles. The third-order valence-electron chi connectivity index (χ3n) is 7.48. The number of ether oxygens (including phenoxy) is 2. The van der Waals surface area contributed by atoms with Crippen LogP contribution in [0.2, 0.25) is 5.02 Å². The standard InChI is InChI=1S/C32H30ClN5O4/c1-22-6-9-24(10-7-22)27-11-13-30(35-34-27)36-14-16-37(17-15-36)31(39)20-38(32(40)25-4-2-3-5-26(25)33)19-23-8-12-28-29(18-23)42-21-41-28/h2-13,18H,14-17,19-21H2,1H3. The van der Waals surface area contributed by atoms with Gasteiger partial charge in [-0.15, -0.1) is 10.2 Å². The molecule has 0 bridgehead atoms. The molecule has 42 heavy (non-hydrogen) atoms. The normalized spacial score (nSPS) is 14.1. The second kappa shape index (κ2) is 12.1. The number of carbonyl (C=O) groups excluding carboxylic acids is 2. The van der Waals surface area contributed by atoms with E-state index >= 15 is 0 Å². The van der Waals surface area contributed by atoms with E-state index in [9.17, 15) is 9.59 Å². The highest BCUT2D eigenvalue weighted by atomic mass is 35.5. The number of aryl methyl sites for hydroxylation is 1. The van der Waals surface area contributed by atoms with Crippen molar-refractivity contribution in [3.05, 3.63) is 101 Å². The molecule has 10 heteroatoms. The fourth-order valence-corrected chi connectivity index (χ4v) is 5.30. The summed E-state index contributed by atoms with van der Waals surface area (Å²) < 4.78 is 10.9. The molecule has 1 aromatic heterocycles. The van der Waals surface area contributed by atoms with Crippen molar-refractivity contribution in [2.75, 3.05) is 44.4 Å². The molecular weight excluding hydrogens is 554 g/mol. The Morgan fingerprint density at radius 2 is 1.64 bits per heavy atom. The van der Waals surface area contributed by atoms with Crippen LogP contribution in [0.3, 0.4) is 0 Å². The molecule has 2 amide bonds. The molecule has 9 nitrogen and oxygen atoms in total. The third-order valence-corrected chi connectivity index (χ3v) is 7.81. The topological polar surface area (TPSA) is 88.1 Å². The van der Waals surface area contributed by atoms with Crippen molar-refractivity contribution in [2.45, 2.75) is 13.5 Å². The molecule has 0 radical (unpaired) electrons. The summed E-state index contributed by atoms with van der Waals surface area (Å²) in [5.41, 5.74) is 4.21. The molecule has 0 saturated carbocycles. The monoisotopic (exact) mass is 583 g/mol. The molecule has 0 spiro atoms. The number of piperazine rings is 1. The predicted molar refractivity (Wildman–Crippen MR) is 160 cm³/mol. The van der Waals surface area contributed by atoms with Crippen LogP contribution in [0.25, 0.3) is 11.3 Å².